The summed E-state index contributed by atoms with van der Waals surface area (Å²) in [6, 6.07) is 1.22. The van der Waals surface area contributed by atoms with Gasteiger partial charge >= 0.3 is 6.09 Å². The molecule has 0 saturated heterocycles. The minimum Gasteiger partial charge on any atom is -0.444 e. The Morgan fingerprint density at radius 1 is 1.52 bits per heavy atom. The second kappa shape index (κ2) is 8.68. The van der Waals surface area contributed by atoms with Gasteiger partial charge in [0, 0.05) is 25.1 Å². The number of nitrogens with zero attached hydrogens (tertiary/aromatic N) is 1. The number of nitrogens with two attached hydrogens (primary N) is 1. The SMILES string of the molecule is CC(OC(N)=O)C1(O)CC(Nc2cc(Cl)ncc2C(=O)NC[C@@H](F)C(C)(C)O)C1. The molecule has 1 fully saturated rings. The van der Waals surface area contributed by atoms with Crippen LogP contribution in [0, 0.1) is 0 Å². The van der Waals surface area contributed by atoms with Crippen LogP contribution in [0.2, 0.25) is 5.15 Å². The summed E-state index contributed by atoms with van der Waals surface area (Å²) >= 11 is 5.92. The summed E-state index contributed by atoms with van der Waals surface area (Å²) in [7, 11) is 0. The third kappa shape index (κ3) is 5.91. The third-order valence-electron chi connectivity index (χ3n) is 4.93. The molecule has 1 saturated carbocycles. The monoisotopic (exact) mass is 432 g/mol. The van der Waals surface area contributed by atoms with Crippen LogP contribution in [0.1, 0.15) is 44.0 Å². The summed E-state index contributed by atoms with van der Waals surface area (Å²) < 4.78 is 18.7. The van der Waals surface area contributed by atoms with Crippen molar-refractivity contribution in [1.29, 1.82) is 0 Å². The number of amides is 2. The molecule has 29 heavy (non-hydrogen) atoms. The van der Waals surface area contributed by atoms with Crippen molar-refractivity contribution in [3.63, 3.8) is 0 Å². The Balaban J connectivity index is 2.03. The van der Waals surface area contributed by atoms with Gasteiger partial charge in [0.25, 0.3) is 5.91 Å². The normalized spacial score (nSPS) is 23.5. The number of hydrogen-bond donors (Lipinski definition) is 5. The molecule has 2 atom stereocenters. The fourth-order valence-electron chi connectivity index (χ4n) is 2.99. The van der Waals surface area contributed by atoms with Gasteiger partial charge in [0.2, 0.25) is 0 Å². The molecular formula is C18H26ClFN4O5. The van der Waals surface area contributed by atoms with Gasteiger partial charge in [0.15, 0.2) is 0 Å². The van der Waals surface area contributed by atoms with E-state index >= 15 is 0 Å². The molecule has 6 N–H and O–H groups in total. The van der Waals surface area contributed by atoms with E-state index in [1.807, 2.05) is 0 Å². The first-order valence-electron chi connectivity index (χ1n) is 9.07. The molecular weight excluding hydrogens is 407 g/mol. The van der Waals surface area contributed by atoms with Crippen molar-refractivity contribution in [3.05, 3.63) is 23.0 Å². The van der Waals surface area contributed by atoms with E-state index < -0.39 is 35.5 Å². The van der Waals surface area contributed by atoms with Crippen LogP contribution in [-0.4, -0.2) is 63.3 Å². The fourth-order valence-corrected chi connectivity index (χ4v) is 3.15. The molecule has 0 radical (unpaired) electrons. The third-order valence-corrected chi connectivity index (χ3v) is 5.14. The van der Waals surface area contributed by atoms with Crippen molar-refractivity contribution < 1.29 is 28.9 Å². The van der Waals surface area contributed by atoms with Crippen LogP contribution in [0.4, 0.5) is 14.9 Å². The van der Waals surface area contributed by atoms with Gasteiger partial charge in [0.1, 0.15) is 23.0 Å². The fraction of sp³-hybridized carbons (Fsp3) is 0.611. The molecule has 2 amide bonds. The predicted molar refractivity (Wildman–Crippen MR) is 104 cm³/mol. The lowest BCUT2D eigenvalue weighted by Gasteiger charge is -2.47. The zero-order valence-electron chi connectivity index (χ0n) is 16.4. The van der Waals surface area contributed by atoms with Crippen molar-refractivity contribution >= 4 is 29.3 Å². The molecule has 0 spiro atoms. The van der Waals surface area contributed by atoms with Gasteiger partial charge < -0.3 is 31.3 Å². The number of rotatable bonds is 8. The van der Waals surface area contributed by atoms with Gasteiger partial charge in [-0.2, -0.15) is 0 Å². The van der Waals surface area contributed by atoms with E-state index in [1.165, 1.54) is 26.1 Å². The average Bonchev–Trinajstić information content (AvgIpc) is 2.56. The number of hydrogen-bond acceptors (Lipinski definition) is 7. The van der Waals surface area contributed by atoms with Crippen LogP contribution in [0.5, 0.6) is 0 Å². The largest absolute Gasteiger partial charge is 0.444 e. The highest BCUT2D eigenvalue weighted by Crippen LogP contribution is 2.39. The number of aromatic nitrogens is 1. The van der Waals surface area contributed by atoms with Gasteiger partial charge in [0.05, 0.1) is 23.4 Å². The number of aliphatic hydroxyl groups is 2. The Hall–Kier alpha value is -2.17. The summed E-state index contributed by atoms with van der Waals surface area (Å²) in [4.78, 5) is 27.2. The van der Waals surface area contributed by atoms with Gasteiger partial charge in [-0.05, 0) is 26.8 Å². The van der Waals surface area contributed by atoms with Crippen molar-refractivity contribution in [2.75, 3.05) is 11.9 Å². The highest BCUT2D eigenvalue weighted by Gasteiger charge is 2.48. The molecule has 1 heterocycles. The van der Waals surface area contributed by atoms with Crippen LogP contribution >= 0.6 is 11.6 Å². The van der Waals surface area contributed by atoms with Crippen LogP contribution in [0.3, 0.4) is 0 Å². The molecule has 11 heteroatoms. The second-order valence-electron chi connectivity index (χ2n) is 7.82. The zero-order valence-corrected chi connectivity index (χ0v) is 17.2. The van der Waals surface area contributed by atoms with Gasteiger partial charge in [-0.3, -0.25) is 4.79 Å². The lowest BCUT2D eigenvalue weighted by Crippen LogP contribution is -2.58. The molecule has 2 rings (SSSR count). The maximum Gasteiger partial charge on any atom is 0.404 e. The smallest absolute Gasteiger partial charge is 0.404 e. The number of anilines is 1. The van der Waals surface area contributed by atoms with E-state index in [9.17, 15) is 24.2 Å². The Morgan fingerprint density at radius 3 is 2.69 bits per heavy atom. The molecule has 0 aliphatic heterocycles. The molecule has 162 valence electrons. The second-order valence-corrected chi connectivity index (χ2v) is 8.20. The standard InChI is InChI=1S/C18H26ClFN4O5/c1-9(29-16(21)26)18(28)5-10(6-18)24-12-4-14(19)22-7-11(12)15(25)23-8-13(20)17(2,3)27/h4,7,9-10,13,27-28H,5-6,8H2,1-3H3,(H2,21,26)(H,22,24)(H,23,25)/t9?,10?,13-,18?/m1/s1. The molecule has 0 bridgehead atoms. The highest BCUT2D eigenvalue weighted by atomic mass is 35.5. The van der Waals surface area contributed by atoms with E-state index in [0.29, 0.717) is 5.69 Å². The number of pyridine rings is 1. The van der Waals surface area contributed by atoms with Crippen LogP contribution in [-0.2, 0) is 4.74 Å². The highest BCUT2D eigenvalue weighted by molar-refractivity contribution is 6.29. The quantitative estimate of drug-likeness (QED) is 0.389. The number of ether oxygens (including phenoxy) is 1. The summed E-state index contributed by atoms with van der Waals surface area (Å²) in [5, 5.41) is 25.8. The molecule has 1 unspecified atom stereocenters. The van der Waals surface area contributed by atoms with Crippen LogP contribution < -0.4 is 16.4 Å². The number of halogens is 2. The Bertz CT molecular complexity index is 767. The summed E-state index contributed by atoms with van der Waals surface area (Å²) in [5.41, 5.74) is 2.64. The number of carbonyl (C=O) groups is 2. The van der Waals surface area contributed by atoms with E-state index in [2.05, 4.69) is 15.6 Å². The predicted octanol–water partition coefficient (Wildman–Crippen LogP) is 1.36. The van der Waals surface area contributed by atoms with E-state index in [0.717, 1.165) is 0 Å². The minimum atomic E-state index is -1.66. The lowest BCUT2D eigenvalue weighted by atomic mass is 9.72. The Kier molecular flexibility index (Phi) is 6.92. The maximum atomic E-state index is 13.9. The van der Waals surface area contributed by atoms with Crippen molar-refractivity contribution in [3.8, 4) is 0 Å². The first-order chi connectivity index (χ1) is 13.3. The van der Waals surface area contributed by atoms with Crippen molar-refractivity contribution in [1.82, 2.24) is 10.3 Å². The molecule has 0 aromatic carbocycles. The van der Waals surface area contributed by atoms with E-state index in [-0.39, 0.29) is 36.1 Å². The molecule has 1 aliphatic rings. The minimum absolute atomic E-state index is 0.134. The number of nitrogens with one attached hydrogen (secondary N) is 2. The van der Waals surface area contributed by atoms with Crippen LogP contribution in [0.25, 0.3) is 0 Å². The number of alkyl halides is 1. The van der Waals surface area contributed by atoms with E-state index in [4.69, 9.17) is 22.1 Å². The van der Waals surface area contributed by atoms with Crippen LogP contribution in [0.15, 0.2) is 12.3 Å². The molecule has 1 aromatic rings. The zero-order chi connectivity index (χ0) is 22.0. The molecule has 1 aliphatic carbocycles. The molecule has 1 aromatic heterocycles. The Morgan fingerprint density at radius 2 is 2.14 bits per heavy atom. The van der Waals surface area contributed by atoms with Gasteiger partial charge in [-0.15, -0.1) is 0 Å². The summed E-state index contributed by atoms with van der Waals surface area (Å²) in [6.07, 6.45) is -1.68. The van der Waals surface area contributed by atoms with Gasteiger partial charge in [-0.1, -0.05) is 11.6 Å². The van der Waals surface area contributed by atoms with Crippen molar-refractivity contribution in [2.45, 2.75) is 63.1 Å². The van der Waals surface area contributed by atoms with Crippen molar-refractivity contribution in [2.24, 2.45) is 5.73 Å². The topological polar surface area (TPSA) is 147 Å². The van der Waals surface area contributed by atoms with E-state index in [1.54, 1.807) is 6.92 Å². The lowest BCUT2D eigenvalue weighted by molar-refractivity contribution is -0.123. The Labute approximate surface area is 172 Å². The van der Waals surface area contributed by atoms with Gasteiger partial charge in [-0.25, -0.2) is 14.2 Å². The first-order valence-corrected chi connectivity index (χ1v) is 9.45. The maximum absolute atomic E-state index is 13.9. The number of primary amides is 1. The molecule has 9 nitrogen and oxygen atoms in total. The first kappa shape index (κ1) is 23.1. The summed E-state index contributed by atoms with van der Waals surface area (Å²) in [6.45, 7) is 3.78. The number of carbonyl (C=O) groups excluding carboxylic acids is 2. The average molecular weight is 433 g/mol. The summed E-state index contributed by atoms with van der Waals surface area (Å²) in [5.74, 6) is -0.594.